The molecular weight excluding hydrogens is 274 g/mol. The van der Waals surface area contributed by atoms with Crippen LogP contribution in [0.15, 0.2) is 0 Å². The van der Waals surface area contributed by atoms with E-state index in [2.05, 4.69) is 43.9 Å². The predicted molar refractivity (Wildman–Crippen MR) is 79.8 cm³/mol. The zero-order valence-corrected chi connectivity index (χ0v) is 14.4. The number of β-lactam (4-membered cyclic amide) rings is 1. The summed E-state index contributed by atoms with van der Waals surface area (Å²) < 4.78 is 10.7. The normalized spacial score (nSPS) is 23.0. The van der Waals surface area contributed by atoms with Gasteiger partial charge in [0.15, 0.2) is 8.32 Å². The summed E-state index contributed by atoms with van der Waals surface area (Å²) in [6, 6.07) is -0.0991. The molecule has 0 radical (unpaired) electrons. The van der Waals surface area contributed by atoms with Gasteiger partial charge >= 0.3 is 5.97 Å². The maximum absolute atomic E-state index is 11.6. The molecule has 5 nitrogen and oxygen atoms in total. The molecule has 0 aromatic heterocycles. The minimum absolute atomic E-state index is 0.0118. The fourth-order valence-electron chi connectivity index (χ4n) is 1.92. The lowest BCUT2D eigenvalue weighted by atomic mass is 9.86. The fourth-order valence-corrected chi connectivity index (χ4v) is 2.98. The van der Waals surface area contributed by atoms with E-state index in [1.54, 1.807) is 0 Å². The molecule has 1 N–H and O–H groups in total. The molecule has 1 heterocycles. The third kappa shape index (κ3) is 4.05. The molecule has 116 valence electrons. The first-order chi connectivity index (χ1) is 9.08. The SMILES string of the molecule is COC(=O)C[C@H]1NC(=O)[C@H]1CCO[Si](C)(C)C(C)(C)C. The van der Waals surface area contributed by atoms with Crippen LogP contribution in [0.1, 0.15) is 33.6 Å². The molecule has 1 rings (SSSR count). The Balaban J connectivity index is 2.41. The first-order valence-electron chi connectivity index (χ1n) is 7.09. The maximum atomic E-state index is 11.6. The van der Waals surface area contributed by atoms with Crippen molar-refractivity contribution in [1.82, 2.24) is 5.32 Å². The van der Waals surface area contributed by atoms with Crippen molar-refractivity contribution < 1.29 is 18.8 Å². The van der Waals surface area contributed by atoms with E-state index in [-0.39, 0.29) is 35.3 Å². The molecule has 2 atom stereocenters. The van der Waals surface area contributed by atoms with Gasteiger partial charge in [0.05, 0.1) is 25.5 Å². The van der Waals surface area contributed by atoms with Gasteiger partial charge in [-0.05, 0) is 24.6 Å². The van der Waals surface area contributed by atoms with Crippen molar-refractivity contribution in [1.29, 1.82) is 0 Å². The van der Waals surface area contributed by atoms with Crippen molar-refractivity contribution in [2.75, 3.05) is 13.7 Å². The summed E-state index contributed by atoms with van der Waals surface area (Å²) in [5.41, 5.74) is 0. The summed E-state index contributed by atoms with van der Waals surface area (Å²) >= 11 is 0. The van der Waals surface area contributed by atoms with E-state index in [0.717, 1.165) is 0 Å². The topological polar surface area (TPSA) is 64.6 Å². The lowest BCUT2D eigenvalue weighted by Gasteiger charge is -2.39. The maximum Gasteiger partial charge on any atom is 0.307 e. The molecule has 20 heavy (non-hydrogen) atoms. The minimum atomic E-state index is -1.77. The Bertz CT molecular complexity index is 376. The van der Waals surface area contributed by atoms with E-state index in [9.17, 15) is 9.59 Å². The Morgan fingerprint density at radius 3 is 2.40 bits per heavy atom. The average molecular weight is 301 g/mol. The van der Waals surface area contributed by atoms with Gasteiger partial charge in [-0.2, -0.15) is 0 Å². The first-order valence-corrected chi connectivity index (χ1v) is 10.0. The molecule has 0 saturated carbocycles. The van der Waals surface area contributed by atoms with Crippen molar-refractivity contribution in [3.63, 3.8) is 0 Å². The number of ether oxygens (including phenoxy) is 1. The van der Waals surface area contributed by atoms with Gasteiger partial charge < -0.3 is 14.5 Å². The van der Waals surface area contributed by atoms with Crippen LogP contribution in [0.5, 0.6) is 0 Å². The predicted octanol–water partition coefficient (Wildman–Crippen LogP) is 2.08. The van der Waals surface area contributed by atoms with E-state index in [1.165, 1.54) is 7.11 Å². The Kier molecular flexibility index (Phi) is 5.37. The summed E-state index contributed by atoms with van der Waals surface area (Å²) in [5.74, 6) is -0.401. The standard InChI is InChI=1S/C14H27NO4Si/c1-14(2,3)20(5,6)19-8-7-10-11(15-13(10)17)9-12(16)18-4/h10-11H,7-9H2,1-6H3,(H,15,17)/t10-,11+/m0/s1. The highest BCUT2D eigenvalue weighted by molar-refractivity contribution is 6.74. The lowest BCUT2D eigenvalue weighted by molar-refractivity contribution is -0.145. The second-order valence-corrected chi connectivity index (χ2v) is 11.7. The number of rotatable bonds is 6. The first kappa shape index (κ1) is 17.2. The second-order valence-electron chi connectivity index (χ2n) is 6.90. The zero-order chi connectivity index (χ0) is 15.6. The molecule has 0 bridgehead atoms. The van der Waals surface area contributed by atoms with Crippen LogP contribution in [0.25, 0.3) is 0 Å². The highest BCUT2D eigenvalue weighted by Gasteiger charge is 2.41. The van der Waals surface area contributed by atoms with Gasteiger partial charge in [-0.25, -0.2) is 0 Å². The molecule has 0 aliphatic carbocycles. The fraction of sp³-hybridized carbons (Fsp3) is 0.857. The highest BCUT2D eigenvalue weighted by atomic mass is 28.4. The van der Waals surface area contributed by atoms with Crippen LogP contribution in [0.4, 0.5) is 0 Å². The van der Waals surface area contributed by atoms with E-state index >= 15 is 0 Å². The van der Waals surface area contributed by atoms with Crippen LogP contribution in [-0.2, 0) is 18.8 Å². The molecule has 1 amide bonds. The molecule has 0 spiro atoms. The van der Waals surface area contributed by atoms with E-state index in [1.807, 2.05) is 0 Å². The highest BCUT2D eigenvalue weighted by Crippen LogP contribution is 2.37. The molecule has 1 aliphatic heterocycles. The molecular formula is C14H27NO4Si. The summed E-state index contributed by atoms with van der Waals surface area (Å²) in [4.78, 5) is 22.8. The van der Waals surface area contributed by atoms with Crippen molar-refractivity contribution in [3.8, 4) is 0 Å². The molecule has 0 aromatic rings. The van der Waals surface area contributed by atoms with Gasteiger partial charge in [-0.3, -0.25) is 9.59 Å². The van der Waals surface area contributed by atoms with Gasteiger partial charge in [-0.1, -0.05) is 20.8 Å². The number of hydrogen-bond donors (Lipinski definition) is 1. The largest absolute Gasteiger partial charge is 0.469 e. The Morgan fingerprint density at radius 1 is 1.35 bits per heavy atom. The lowest BCUT2D eigenvalue weighted by Crippen LogP contribution is -2.59. The molecule has 1 aliphatic rings. The number of carbonyl (C=O) groups excluding carboxylic acids is 2. The smallest absolute Gasteiger partial charge is 0.307 e. The van der Waals surface area contributed by atoms with Crippen LogP contribution in [0.2, 0.25) is 18.1 Å². The summed E-state index contributed by atoms with van der Waals surface area (Å²) in [6.07, 6.45) is 0.910. The number of amides is 1. The van der Waals surface area contributed by atoms with Gasteiger partial charge in [0, 0.05) is 6.61 Å². The van der Waals surface area contributed by atoms with E-state index in [0.29, 0.717) is 13.0 Å². The van der Waals surface area contributed by atoms with Crippen molar-refractivity contribution >= 4 is 20.2 Å². The number of hydrogen-bond acceptors (Lipinski definition) is 4. The number of nitrogens with one attached hydrogen (secondary N) is 1. The van der Waals surface area contributed by atoms with Crippen molar-refractivity contribution in [2.24, 2.45) is 5.92 Å². The zero-order valence-electron chi connectivity index (χ0n) is 13.4. The van der Waals surface area contributed by atoms with E-state index < -0.39 is 8.32 Å². The third-order valence-corrected chi connectivity index (χ3v) is 9.00. The second kappa shape index (κ2) is 6.26. The minimum Gasteiger partial charge on any atom is -0.469 e. The van der Waals surface area contributed by atoms with Crippen LogP contribution in [0.3, 0.4) is 0 Å². The van der Waals surface area contributed by atoms with Crippen molar-refractivity contribution in [3.05, 3.63) is 0 Å². The monoisotopic (exact) mass is 301 g/mol. The molecule has 0 unspecified atom stereocenters. The average Bonchev–Trinajstić information content (AvgIpc) is 2.32. The quantitative estimate of drug-likeness (QED) is 0.463. The molecule has 6 heteroatoms. The van der Waals surface area contributed by atoms with Crippen LogP contribution >= 0.6 is 0 Å². The number of esters is 1. The molecule has 1 saturated heterocycles. The number of methoxy groups -OCH3 is 1. The van der Waals surface area contributed by atoms with Gasteiger partial charge in [0.25, 0.3) is 0 Å². The Labute approximate surface area is 122 Å². The van der Waals surface area contributed by atoms with Gasteiger partial charge in [0.1, 0.15) is 0 Å². The van der Waals surface area contributed by atoms with Crippen LogP contribution in [-0.4, -0.2) is 40.0 Å². The number of carbonyl (C=O) groups is 2. The van der Waals surface area contributed by atoms with E-state index in [4.69, 9.17) is 4.43 Å². The van der Waals surface area contributed by atoms with Crippen LogP contribution < -0.4 is 5.32 Å². The van der Waals surface area contributed by atoms with Crippen LogP contribution in [0, 0.1) is 5.92 Å². The Morgan fingerprint density at radius 2 is 1.95 bits per heavy atom. The third-order valence-electron chi connectivity index (χ3n) is 4.46. The molecule has 1 fully saturated rings. The van der Waals surface area contributed by atoms with Crippen molar-refractivity contribution in [2.45, 2.75) is 57.8 Å². The molecule has 0 aromatic carbocycles. The van der Waals surface area contributed by atoms with Gasteiger partial charge in [0.2, 0.25) is 5.91 Å². The Hall–Kier alpha value is -0.883. The summed E-state index contributed by atoms with van der Waals surface area (Å²) in [5, 5.41) is 2.92. The summed E-state index contributed by atoms with van der Waals surface area (Å²) in [7, 11) is -0.407. The summed E-state index contributed by atoms with van der Waals surface area (Å²) in [6.45, 7) is 11.5. The van der Waals surface area contributed by atoms with Gasteiger partial charge in [-0.15, -0.1) is 0 Å².